The lowest BCUT2D eigenvalue weighted by molar-refractivity contribution is -0.128. The van der Waals surface area contributed by atoms with Crippen molar-refractivity contribution in [3.05, 3.63) is 0 Å². The molecule has 0 atom stereocenters. The molecule has 0 spiro atoms. The second kappa shape index (κ2) is 5.57. The highest BCUT2D eigenvalue weighted by Gasteiger charge is 2.30. The Morgan fingerprint density at radius 2 is 1.83 bits per heavy atom. The van der Waals surface area contributed by atoms with Gasteiger partial charge in [0.25, 0.3) is 0 Å². The Bertz CT molecular complexity index is 404. The fraction of sp³-hybridized carbons (Fsp3) is 0.917. The predicted octanol–water partition coefficient (Wildman–Crippen LogP) is 0.670. The first-order chi connectivity index (χ1) is 8.49. The molecule has 0 unspecified atom stereocenters. The van der Waals surface area contributed by atoms with Gasteiger partial charge in [0.15, 0.2) is 0 Å². The molecule has 1 saturated heterocycles. The molecule has 0 aromatic heterocycles. The lowest BCUT2D eigenvalue weighted by atomic mass is 9.87. The summed E-state index contributed by atoms with van der Waals surface area (Å²) >= 11 is 0. The summed E-state index contributed by atoms with van der Waals surface area (Å²) in [6.45, 7) is 3.75. The van der Waals surface area contributed by atoms with Gasteiger partial charge in [-0.05, 0) is 25.2 Å². The van der Waals surface area contributed by atoms with Gasteiger partial charge in [0.05, 0.1) is 5.75 Å². The number of amides is 1. The Morgan fingerprint density at radius 1 is 1.11 bits per heavy atom. The van der Waals surface area contributed by atoms with E-state index in [0.717, 1.165) is 25.7 Å². The second-order valence-electron chi connectivity index (χ2n) is 5.33. The van der Waals surface area contributed by atoms with E-state index >= 15 is 0 Å². The van der Waals surface area contributed by atoms with Crippen LogP contribution < -0.4 is 0 Å². The van der Waals surface area contributed by atoms with Crippen molar-refractivity contribution < 1.29 is 13.2 Å². The monoisotopic (exact) mass is 274 g/mol. The average Bonchev–Trinajstić information content (AvgIpc) is 2.49. The van der Waals surface area contributed by atoms with Crippen LogP contribution in [0.5, 0.6) is 0 Å². The van der Waals surface area contributed by atoms with E-state index in [4.69, 9.17) is 0 Å². The molecule has 0 radical (unpaired) electrons. The number of nitrogens with zero attached hydrogens (tertiary/aromatic N) is 2. The van der Waals surface area contributed by atoms with Gasteiger partial charge in [0, 0.05) is 33.1 Å². The molecule has 1 heterocycles. The molecule has 1 aliphatic heterocycles. The smallest absolute Gasteiger partial charge is 0.219 e. The zero-order valence-electron chi connectivity index (χ0n) is 11.0. The summed E-state index contributed by atoms with van der Waals surface area (Å²) in [5.74, 6) is 0.697. The molecule has 2 aliphatic rings. The van der Waals surface area contributed by atoms with Gasteiger partial charge in [-0.1, -0.05) is 6.42 Å². The third-order valence-electron chi connectivity index (χ3n) is 3.96. The maximum absolute atomic E-state index is 12.2. The van der Waals surface area contributed by atoms with Gasteiger partial charge >= 0.3 is 0 Å². The summed E-state index contributed by atoms with van der Waals surface area (Å²) in [6, 6.07) is 0. The van der Waals surface area contributed by atoms with Crippen LogP contribution in [-0.2, 0) is 14.8 Å². The van der Waals surface area contributed by atoms with Gasteiger partial charge in [-0.2, -0.15) is 0 Å². The third kappa shape index (κ3) is 3.23. The van der Waals surface area contributed by atoms with Crippen molar-refractivity contribution in [3.63, 3.8) is 0 Å². The van der Waals surface area contributed by atoms with Gasteiger partial charge in [-0.3, -0.25) is 4.79 Å². The van der Waals surface area contributed by atoms with E-state index < -0.39 is 10.0 Å². The number of hydrogen-bond donors (Lipinski definition) is 0. The van der Waals surface area contributed by atoms with Gasteiger partial charge in [-0.15, -0.1) is 0 Å². The zero-order valence-corrected chi connectivity index (χ0v) is 11.8. The quantitative estimate of drug-likeness (QED) is 0.760. The Hall–Kier alpha value is -0.620. The molecule has 6 heteroatoms. The van der Waals surface area contributed by atoms with Crippen LogP contribution in [0, 0.1) is 5.92 Å². The van der Waals surface area contributed by atoms with E-state index in [2.05, 4.69) is 0 Å². The number of hydrogen-bond acceptors (Lipinski definition) is 3. The Morgan fingerprint density at radius 3 is 2.39 bits per heavy atom. The van der Waals surface area contributed by atoms with Crippen molar-refractivity contribution in [1.29, 1.82) is 0 Å². The minimum absolute atomic E-state index is 0.0354. The third-order valence-corrected chi connectivity index (χ3v) is 6.01. The summed E-state index contributed by atoms with van der Waals surface area (Å²) in [5, 5.41) is 0. The fourth-order valence-electron chi connectivity index (χ4n) is 2.55. The highest BCUT2D eigenvalue weighted by atomic mass is 32.2. The maximum Gasteiger partial charge on any atom is 0.219 e. The molecule has 0 aromatic rings. The zero-order chi connectivity index (χ0) is 13.2. The SMILES string of the molecule is CC(=O)N1CCCN(S(=O)(=O)CC2CCC2)CC1. The molecule has 0 N–H and O–H groups in total. The number of carbonyl (C=O) groups is 1. The predicted molar refractivity (Wildman–Crippen MR) is 69.6 cm³/mol. The van der Waals surface area contributed by atoms with Crippen LogP contribution in [0.25, 0.3) is 0 Å². The van der Waals surface area contributed by atoms with E-state index in [0.29, 0.717) is 37.8 Å². The first kappa shape index (κ1) is 13.8. The van der Waals surface area contributed by atoms with Crippen LogP contribution >= 0.6 is 0 Å². The van der Waals surface area contributed by atoms with Crippen molar-refractivity contribution in [1.82, 2.24) is 9.21 Å². The average molecular weight is 274 g/mol. The summed E-state index contributed by atoms with van der Waals surface area (Å²) in [7, 11) is -3.12. The van der Waals surface area contributed by atoms with E-state index in [1.165, 1.54) is 0 Å². The van der Waals surface area contributed by atoms with Crippen molar-refractivity contribution in [2.75, 3.05) is 31.9 Å². The van der Waals surface area contributed by atoms with Crippen molar-refractivity contribution in [3.8, 4) is 0 Å². The summed E-state index contributed by atoms with van der Waals surface area (Å²) in [5.41, 5.74) is 0. The Balaban J connectivity index is 1.93. The summed E-state index contributed by atoms with van der Waals surface area (Å²) in [6.07, 6.45) is 4.00. The first-order valence-electron chi connectivity index (χ1n) is 6.72. The number of sulfonamides is 1. The van der Waals surface area contributed by atoms with Crippen LogP contribution in [0.1, 0.15) is 32.6 Å². The van der Waals surface area contributed by atoms with E-state index in [1.807, 2.05) is 0 Å². The van der Waals surface area contributed by atoms with Crippen LogP contribution in [0.3, 0.4) is 0 Å². The molecule has 2 rings (SSSR count). The van der Waals surface area contributed by atoms with Gasteiger partial charge in [-0.25, -0.2) is 12.7 Å². The fourth-order valence-corrected chi connectivity index (χ4v) is 4.46. The Labute approximate surface area is 109 Å². The second-order valence-corrected chi connectivity index (χ2v) is 7.35. The lowest BCUT2D eigenvalue weighted by Crippen LogP contribution is -2.39. The van der Waals surface area contributed by atoms with Gasteiger partial charge in [0.1, 0.15) is 0 Å². The maximum atomic E-state index is 12.2. The molecule has 0 bridgehead atoms. The van der Waals surface area contributed by atoms with Crippen LogP contribution in [0.15, 0.2) is 0 Å². The molecular formula is C12H22N2O3S. The largest absolute Gasteiger partial charge is 0.342 e. The highest BCUT2D eigenvalue weighted by Crippen LogP contribution is 2.28. The highest BCUT2D eigenvalue weighted by molar-refractivity contribution is 7.89. The van der Waals surface area contributed by atoms with Crippen molar-refractivity contribution in [2.45, 2.75) is 32.6 Å². The van der Waals surface area contributed by atoms with Crippen LogP contribution in [0.4, 0.5) is 0 Å². The van der Waals surface area contributed by atoms with Crippen molar-refractivity contribution in [2.24, 2.45) is 5.92 Å². The summed E-state index contributed by atoms with van der Waals surface area (Å²) in [4.78, 5) is 13.0. The first-order valence-corrected chi connectivity index (χ1v) is 8.33. The van der Waals surface area contributed by atoms with Gasteiger partial charge < -0.3 is 4.90 Å². The molecule has 1 aliphatic carbocycles. The molecule has 5 nitrogen and oxygen atoms in total. The van der Waals surface area contributed by atoms with Crippen molar-refractivity contribution >= 4 is 15.9 Å². The Kier molecular flexibility index (Phi) is 4.27. The normalized spacial score (nSPS) is 23.5. The van der Waals surface area contributed by atoms with Gasteiger partial charge in [0.2, 0.25) is 15.9 Å². The van der Waals surface area contributed by atoms with Crippen LogP contribution in [0.2, 0.25) is 0 Å². The molecule has 2 fully saturated rings. The number of carbonyl (C=O) groups excluding carboxylic acids is 1. The standard InChI is InChI=1S/C12H22N2O3S/c1-11(15)13-6-3-7-14(9-8-13)18(16,17)10-12-4-2-5-12/h12H,2-10H2,1H3. The minimum atomic E-state index is -3.12. The summed E-state index contributed by atoms with van der Waals surface area (Å²) < 4.78 is 26.1. The molecule has 1 amide bonds. The van der Waals surface area contributed by atoms with E-state index in [1.54, 1.807) is 16.1 Å². The van der Waals surface area contributed by atoms with E-state index in [-0.39, 0.29) is 5.91 Å². The minimum Gasteiger partial charge on any atom is -0.342 e. The topological polar surface area (TPSA) is 57.7 Å². The van der Waals surface area contributed by atoms with E-state index in [9.17, 15) is 13.2 Å². The molecule has 18 heavy (non-hydrogen) atoms. The molecular weight excluding hydrogens is 252 g/mol. The molecule has 104 valence electrons. The molecule has 1 saturated carbocycles. The molecule has 0 aromatic carbocycles. The number of rotatable bonds is 3. The van der Waals surface area contributed by atoms with Crippen LogP contribution in [-0.4, -0.2) is 55.5 Å². The lowest BCUT2D eigenvalue weighted by Gasteiger charge is -2.28.